The molecule has 1 saturated carbocycles. The highest BCUT2D eigenvalue weighted by Crippen LogP contribution is 2.62. The van der Waals surface area contributed by atoms with E-state index in [1.54, 1.807) is 0 Å². The van der Waals surface area contributed by atoms with Crippen LogP contribution in [0.2, 0.25) is 0 Å². The zero-order valence-corrected chi connectivity index (χ0v) is 43.6. The summed E-state index contributed by atoms with van der Waals surface area (Å²) in [5, 5.41) is 1.16. The summed E-state index contributed by atoms with van der Waals surface area (Å²) in [6.07, 6.45) is 4.84. The Morgan fingerprint density at radius 1 is 0.500 bits per heavy atom. The maximum atomic E-state index is 7.36. The zero-order chi connectivity index (χ0) is 48.2. The van der Waals surface area contributed by atoms with Crippen molar-refractivity contribution in [1.82, 2.24) is 0 Å². The monoisotopic (exact) mass is 898 g/mol. The van der Waals surface area contributed by atoms with E-state index in [9.17, 15) is 0 Å². The topological polar surface area (TPSA) is 22.9 Å². The smallest absolute Gasteiger partial charge is 0.297 e. The first-order valence-electron chi connectivity index (χ1n) is 25.5. The van der Waals surface area contributed by atoms with Gasteiger partial charge in [-0.1, -0.05) is 151 Å². The van der Waals surface area contributed by atoms with Gasteiger partial charge >= 0.3 is 0 Å². The van der Waals surface area contributed by atoms with Crippen LogP contribution in [0.5, 0.6) is 0 Å². The van der Waals surface area contributed by atoms with E-state index < -0.39 is 0 Å². The SMILES string of the molecule is Cc1cc2c3c(c1)N(c1ccc(C(C)(C)C)cc1)c1c(oc4ccc(C(C)(C)C)cc14)B3c1ccc(N3c4ccc(C(C)(C)C)cc4C4(C)CCCCC34C)cc1N2c1ccc(C(C)(C)C)cc1. The van der Waals surface area contributed by atoms with Crippen LogP contribution in [0.1, 0.15) is 156 Å². The highest BCUT2D eigenvalue weighted by Gasteiger charge is 2.58. The van der Waals surface area contributed by atoms with E-state index in [0.29, 0.717) is 0 Å². The summed E-state index contributed by atoms with van der Waals surface area (Å²) in [7, 11) is 0. The van der Waals surface area contributed by atoms with Gasteiger partial charge in [0.2, 0.25) is 0 Å². The number of hydrogen-bond acceptors (Lipinski definition) is 4. The second-order valence-electron chi connectivity index (χ2n) is 25.6. The van der Waals surface area contributed by atoms with Crippen LogP contribution < -0.4 is 31.3 Å². The Kier molecular flexibility index (Phi) is 9.67. The van der Waals surface area contributed by atoms with E-state index in [1.165, 1.54) is 97.7 Å². The highest BCUT2D eigenvalue weighted by molar-refractivity contribution is 7.00. The van der Waals surface area contributed by atoms with Gasteiger partial charge in [-0.05, 0) is 159 Å². The Morgan fingerprint density at radius 3 is 1.62 bits per heavy atom. The standard InChI is InChI=1S/C63H72BN3O/c1-39-34-52-55-53(35-39)66(45-26-20-41(21-27-45)59(5,6)7)56-47-36-42(60(8,9)10)23-31-54(47)68-57(56)64(55)49-29-28-46(38-51(49)65(52)44-24-18-40(19-25-44)58(2,3)4)67-50-30-22-43(61(11,12)13)37-48(50)62(14)32-16-17-33-63(62,67)15/h18-31,34-38H,16-17,32-33H2,1-15H3. The fourth-order valence-electron chi connectivity index (χ4n) is 12.6. The van der Waals surface area contributed by atoms with Crippen molar-refractivity contribution in [3.63, 3.8) is 0 Å². The van der Waals surface area contributed by atoms with E-state index in [2.05, 4.69) is 234 Å². The lowest BCUT2D eigenvalue weighted by Crippen LogP contribution is -2.61. The van der Waals surface area contributed by atoms with Crippen molar-refractivity contribution in [2.45, 2.75) is 162 Å². The molecule has 2 unspecified atom stereocenters. The number of fused-ring (bicyclic) bond motifs is 9. The van der Waals surface area contributed by atoms with Crippen molar-refractivity contribution < 1.29 is 4.42 Å². The molecule has 6 aromatic carbocycles. The average Bonchev–Trinajstić information content (AvgIpc) is 3.74. The summed E-state index contributed by atoms with van der Waals surface area (Å²) >= 11 is 0. The molecule has 0 N–H and O–H groups in total. The summed E-state index contributed by atoms with van der Waals surface area (Å²) in [6, 6.07) is 45.4. The molecule has 3 aliphatic heterocycles. The highest BCUT2D eigenvalue weighted by atomic mass is 16.3. The summed E-state index contributed by atoms with van der Waals surface area (Å²) in [5.41, 5.74) is 22.3. The third-order valence-corrected chi connectivity index (χ3v) is 16.9. The van der Waals surface area contributed by atoms with Crippen LogP contribution in [-0.4, -0.2) is 12.3 Å². The molecule has 1 fully saturated rings. The van der Waals surface area contributed by atoms with Crippen molar-refractivity contribution in [3.8, 4) is 0 Å². The molecule has 68 heavy (non-hydrogen) atoms. The largest absolute Gasteiger partial charge is 0.468 e. The number of hydrogen-bond donors (Lipinski definition) is 0. The van der Waals surface area contributed by atoms with Gasteiger partial charge in [0.05, 0.1) is 16.9 Å². The predicted octanol–water partition coefficient (Wildman–Crippen LogP) is 15.8. The van der Waals surface area contributed by atoms with Crippen LogP contribution in [0.15, 0.2) is 120 Å². The molecule has 1 aliphatic carbocycles. The quantitative estimate of drug-likeness (QED) is 0.165. The second kappa shape index (κ2) is 14.7. The molecule has 4 aliphatic rings. The Balaban J connectivity index is 1.20. The third kappa shape index (κ3) is 6.60. The zero-order valence-electron chi connectivity index (χ0n) is 43.6. The summed E-state index contributed by atoms with van der Waals surface area (Å²) in [6.45, 7) is 35.1. The van der Waals surface area contributed by atoms with Gasteiger partial charge in [-0.15, -0.1) is 0 Å². The van der Waals surface area contributed by atoms with Gasteiger partial charge in [0.15, 0.2) is 0 Å². The van der Waals surface area contributed by atoms with Gasteiger partial charge in [0.25, 0.3) is 6.71 Å². The first kappa shape index (κ1) is 44.8. The summed E-state index contributed by atoms with van der Waals surface area (Å²) in [4.78, 5) is 7.87. The number of benzene rings is 6. The third-order valence-electron chi connectivity index (χ3n) is 16.9. The number of nitrogens with zero attached hydrogens (tertiary/aromatic N) is 3. The van der Waals surface area contributed by atoms with Crippen LogP contribution in [0.3, 0.4) is 0 Å². The normalized spacial score (nSPS) is 20.0. The second-order valence-corrected chi connectivity index (χ2v) is 25.6. The minimum absolute atomic E-state index is 0.0197. The Labute approximate surface area is 407 Å². The Bertz CT molecular complexity index is 3170. The van der Waals surface area contributed by atoms with Gasteiger partial charge in [-0.2, -0.15) is 0 Å². The van der Waals surface area contributed by atoms with Crippen molar-refractivity contribution in [3.05, 3.63) is 149 Å². The van der Waals surface area contributed by atoms with Gasteiger partial charge in [0, 0.05) is 50.6 Å². The molecule has 7 aromatic rings. The van der Waals surface area contributed by atoms with Gasteiger partial charge in [-0.25, -0.2) is 0 Å². The van der Waals surface area contributed by atoms with Gasteiger partial charge in [0.1, 0.15) is 5.58 Å². The van der Waals surface area contributed by atoms with Crippen LogP contribution in [-0.2, 0) is 27.1 Å². The molecule has 4 heterocycles. The first-order valence-corrected chi connectivity index (χ1v) is 25.5. The number of rotatable bonds is 3. The molecule has 0 amide bonds. The van der Waals surface area contributed by atoms with E-state index in [0.717, 1.165) is 34.4 Å². The number of anilines is 8. The number of furan rings is 1. The van der Waals surface area contributed by atoms with Crippen molar-refractivity contribution in [2.75, 3.05) is 14.7 Å². The van der Waals surface area contributed by atoms with Crippen LogP contribution >= 0.6 is 0 Å². The minimum atomic E-state index is -0.129. The molecule has 0 spiro atoms. The average molecular weight is 898 g/mol. The molecule has 5 heteroatoms. The van der Waals surface area contributed by atoms with Crippen molar-refractivity contribution >= 4 is 79.8 Å². The van der Waals surface area contributed by atoms with Gasteiger partial charge < -0.3 is 19.1 Å². The fraction of sp³-hybridized carbons (Fsp3) is 0.397. The molecule has 4 nitrogen and oxygen atoms in total. The predicted molar refractivity (Wildman–Crippen MR) is 293 cm³/mol. The van der Waals surface area contributed by atoms with Crippen molar-refractivity contribution in [2.24, 2.45) is 0 Å². The lowest BCUT2D eigenvalue weighted by Gasteiger charge is -2.50. The minimum Gasteiger partial charge on any atom is -0.468 e. The van der Waals surface area contributed by atoms with E-state index in [4.69, 9.17) is 4.42 Å². The van der Waals surface area contributed by atoms with Crippen LogP contribution in [0.25, 0.3) is 11.0 Å². The summed E-state index contributed by atoms with van der Waals surface area (Å²) < 4.78 is 7.36. The van der Waals surface area contributed by atoms with E-state index >= 15 is 0 Å². The van der Waals surface area contributed by atoms with E-state index in [-0.39, 0.29) is 39.3 Å². The van der Waals surface area contributed by atoms with Crippen LogP contribution in [0.4, 0.5) is 45.5 Å². The molecule has 0 saturated heterocycles. The van der Waals surface area contributed by atoms with E-state index in [1.807, 2.05) is 0 Å². The molecule has 1 aromatic heterocycles. The first-order chi connectivity index (χ1) is 31.9. The molecule has 0 radical (unpaired) electrons. The number of aryl methyl sites for hydroxylation is 1. The maximum absolute atomic E-state index is 7.36. The fourth-order valence-corrected chi connectivity index (χ4v) is 12.6. The Hall–Kier alpha value is -5.68. The van der Waals surface area contributed by atoms with Crippen LogP contribution in [0, 0.1) is 6.92 Å². The Morgan fingerprint density at radius 2 is 1.01 bits per heavy atom. The molecule has 348 valence electrons. The molecule has 11 rings (SSSR count). The molecular weight excluding hydrogens is 826 g/mol. The molecular formula is C63H72BN3O. The molecule has 2 atom stereocenters. The lowest BCUT2D eigenvalue weighted by atomic mass is 9.35. The van der Waals surface area contributed by atoms with Gasteiger partial charge in [-0.3, -0.25) is 0 Å². The summed E-state index contributed by atoms with van der Waals surface area (Å²) in [5.74, 6) is 0. The van der Waals surface area contributed by atoms with Crippen molar-refractivity contribution in [1.29, 1.82) is 0 Å². The maximum Gasteiger partial charge on any atom is 0.297 e. The lowest BCUT2D eigenvalue weighted by molar-refractivity contribution is 0.195. The molecule has 0 bridgehead atoms.